The van der Waals surface area contributed by atoms with E-state index < -0.39 is 11.6 Å². The standard InChI is InChI=1S/C22H18ClF2N3O.2C2H6/c1-13-5-17(23)6-14(2)22(29)28-21(27-11-13)7-15-3-4-20(26-12-15)16-8-18(24)10-19(25)9-16;2*1-2/h3-6,8-12H,7H2,1-2H3,(H,27,28,29);2*1-2H3. The summed E-state index contributed by atoms with van der Waals surface area (Å²) < 4.78 is 26.8. The fraction of sp³-hybridized carbons (Fsp3) is 0.269. The Balaban J connectivity index is 0.00000129. The summed E-state index contributed by atoms with van der Waals surface area (Å²) in [6.07, 6.45) is 3.52. The monoisotopic (exact) mass is 473 g/mol. The molecule has 0 aliphatic rings. The SMILES string of the molecule is CC.CC.Cc1cnc(Cc2ccc(-c3cc(F)cc(F)c3)nc2)[nH]c(=O)c(C)cc(Cl)c1. The molecule has 1 aromatic carbocycles. The van der Waals surface area contributed by atoms with Gasteiger partial charge in [-0.05, 0) is 55.3 Å². The van der Waals surface area contributed by atoms with E-state index in [9.17, 15) is 13.6 Å². The second-order valence-corrected chi connectivity index (χ2v) is 7.08. The van der Waals surface area contributed by atoms with Gasteiger partial charge in [0.05, 0.1) is 5.69 Å². The third-order valence-electron chi connectivity index (χ3n) is 4.11. The topological polar surface area (TPSA) is 58.6 Å². The molecule has 0 spiro atoms. The number of H-pyrrole nitrogens is 1. The number of benzene rings is 1. The van der Waals surface area contributed by atoms with Crippen LogP contribution in [0.2, 0.25) is 5.02 Å². The lowest BCUT2D eigenvalue weighted by molar-refractivity contribution is 0.584. The van der Waals surface area contributed by atoms with Crippen molar-refractivity contribution in [1.29, 1.82) is 0 Å². The Labute approximate surface area is 199 Å². The molecule has 1 N–H and O–H groups in total. The predicted octanol–water partition coefficient (Wildman–Crippen LogP) is 7.15. The zero-order valence-electron chi connectivity index (χ0n) is 19.8. The van der Waals surface area contributed by atoms with E-state index in [4.69, 9.17) is 11.6 Å². The Morgan fingerprint density at radius 3 is 2.09 bits per heavy atom. The number of nitrogens with zero attached hydrogens (tertiary/aromatic N) is 2. The van der Waals surface area contributed by atoms with Crippen LogP contribution in [0.25, 0.3) is 11.3 Å². The Bertz CT molecular complexity index is 1140. The van der Waals surface area contributed by atoms with Crippen molar-refractivity contribution in [2.75, 3.05) is 0 Å². The zero-order chi connectivity index (χ0) is 25.0. The Morgan fingerprint density at radius 2 is 1.52 bits per heavy atom. The van der Waals surface area contributed by atoms with Gasteiger partial charge in [-0.25, -0.2) is 13.8 Å². The summed E-state index contributed by atoms with van der Waals surface area (Å²) in [6, 6.07) is 10.0. The number of aryl methyl sites for hydroxylation is 2. The lowest BCUT2D eigenvalue weighted by atomic mass is 10.1. The van der Waals surface area contributed by atoms with Crippen molar-refractivity contribution in [3.05, 3.63) is 104 Å². The Hall–Kier alpha value is -3.12. The number of aromatic nitrogens is 3. The molecule has 0 saturated carbocycles. The summed E-state index contributed by atoms with van der Waals surface area (Å²) in [5.74, 6) is -0.881. The lowest BCUT2D eigenvalue weighted by Gasteiger charge is -2.04. The van der Waals surface area contributed by atoms with Crippen LogP contribution in [0.4, 0.5) is 8.78 Å². The first-order valence-electron chi connectivity index (χ1n) is 10.8. The molecule has 0 saturated heterocycles. The largest absolute Gasteiger partial charge is 0.310 e. The fourth-order valence-corrected chi connectivity index (χ4v) is 3.03. The Morgan fingerprint density at radius 1 is 0.879 bits per heavy atom. The molecule has 4 nitrogen and oxygen atoms in total. The summed E-state index contributed by atoms with van der Waals surface area (Å²) in [7, 11) is 0. The second-order valence-electron chi connectivity index (χ2n) is 6.65. The maximum Gasteiger partial charge on any atom is 0.252 e. The number of halogens is 3. The van der Waals surface area contributed by atoms with Crippen LogP contribution >= 0.6 is 11.6 Å². The minimum absolute atomic E-state index is 0.303. The molecular formula is C26H30ClF2N3O. The molecule has 33 heavy (non-hydrogen) atoms. The van der Waals surface area contributed by atoms with Crippen molar-refractivity contribution >= 4 is 11.6 Å². The molecule has 176 valence electrons. The van der Waals surface area contributed by atoms with Gasteiger partial charge < -0.3 is 4.98 Å². The maximum atomic E-state index is 13.4. The van der Waals surface area contributed by atoms with Gasteiger partial charge in [-0.1, -0.05) is 45.4 Å². The first-order valence-corrected chi connectivity index (χ1v) is 11.2. The van der Waals surface area contributed by atoms with Crippen LogP contribution in [-0.4, -0.2) is 15.0 Å². The van der Waals surface area contributed by atoms with Crippen LogP contribution in [0.15, 0.2) is 59.7 Å². The van der Waals surface area contributed by atoms with Gasteiger partial charge in [0, 0.05) is 41.0 Å². The summed E-state index contributed by atoms with van der Waals surface area (Å²) in [4.78, 5) is 23.7. The molecule has 0 amide bonds. The zero-order valence-corrected chi connectivity index (χ0v) is 20.6. The van der Waals surface area contributed by atoms with Gasteiger partial charge in [0.2, 0.25) is 0 Å². The van der Waals surface area contributed by atoms with Crippen molar-refractivity contribution in [3.8, 4) is 11.3 Å². The van der Waals surface area contributed by atoms with Crippen molar-refractivity contribution in [2.24, 2.45) is 0 Å². The molecule has 7 heteroatoms. The van der Waals surface area contributed by atoms with E-state index in [1.54, 1.807) is 43.6 Å². The van der Waals surface area contributed by atoms with Gasteiger partial charge in [0.15, 0.2) is 0 Å². The molecule has 0 radical (unpaired) electrons. The molecule has 3 aromatic rings. The van der Waals surface area contributed by atoms with Gasteiger partial charge in [0.1, 0.15) is 17.5 Å². The average Bonchev–Trinajstić information content (AvgIpc) is 2.79. The average molecular weight is 474 g/mol. The highest BCUT2D eigenvalue weighted by atomic mass is 35.5. The highest BCUT2D eigenvalue weighted by Crippen LogP contribution is 2.20. The lowest BCUT2D eigenvalue weighted by Crippen LogP contribution is -2.10. The van der Waals surface area contributed by atoms with Gasteiger partial charge in [-0.2, -0.15) is 0 Å². The van der Waals surface area contributed by atoms with E-state index in [1.807, 2.05) is 34.6 Å². The maximum absolute atomic E-state index is 13.4. The molecule has 2 aromatic heterocycles. The molecule has 0 bridgehead atoms. The number of aromatic amines is 1. The number of hydrogen-bond donors (Lipinski definition) is 1. The molecule has 0 unspecified atom stereocenters. The highest BCUT2D eigenvalue weighted by Gasteiger charge is 2.06. The van der Waals surface area contributed by atoms with Crippen LogP contribution < -0.4 is 5.56 Å². The summed E-state index contributed by atoms with van der Waals surface area (Å²) in [5.41, 5.74) is 2.55. The second kappa shape index (κ2) is 14.1. The molecule has 3 rings (SSSR count). The summed E-state index contributed by atoms with van der Waals surface area (Å²) in [5, 5.41) is 0.443. The smallest absolute Gasteiger partial charge is 0.252 e. The normalized spacial score (nSPS) is 9.61. The van der Waals surface area contributed by atoms with Crippen LogP contribution in [-0.2, 0) is 6.42 Å². The van der Waals surface area contributed by atoms with Crippen molar-refractivity contribution in [2.45, 2.75) is 48.0 Å². The van der Waals surface area contributed by atoms with Crippen LogP contribution in [0.1, 0.15) is 50.2 Å². The fourth-order valence-electron chi connectivity index (χ4n) is 2.70. The number of rotatable bonds is 3. The van der Waals surface area contributed by atoms with E-state index >= 15 is 0 Å². The van der Waals surface area contributed by atoms with Crippen LogP contribution in [0, 0.1) is 25.5 Å². The van der Waals surface area contributed by atoms with Crippen molar-refractivity contribution < 1.29 is 8.78 Å². The first kappa shape index (κ1) is 27.9. The van der Waals surface area contributed by atoms with Gasteiger partial charge in [0.25, 0.3) is 5.56 Å². The minimum atomic E-state index is -0.663. The van der Waals surface area contributed by atoms with Gasteiger partial charge in [-0.15, -0.1) is 0 Å². The van der Waals surface area contributed by atoms with Crippen molar-refractivity contribution in [3.63, 3.8) is 0 Å². The van der Waals surface area contributed by atoms with E-state index in [-0.39, 0.29) is 5.56 Å². The summed E-state index contributed by atoms with van der Waals surface area (Å²) >= 11 is 6.09. The number of nitrogens with one attached hydrogen (secondary N) is 1. The highest BCUT2D eigenvalue weighted by molar-refractivity contribution is 6.30. The third kappa shape index (κ3) is 9.10. The van der Waals surface area contributed by atoms with E-state index in [0.29, 0.717) is 34.1 Å². The van der Waals surface area contributed by atoms with Gasteiger partial charge in [-0.3, -0.25) is 9.78 Å². The van der Waals surface area contributed by atoms with Crippen LogP contribution in [0.5, 0.6) is 0 Å². The number of pyridine rings is 1. The van der Waals surface area contributed by atoms with E-state index in [2.05, 4.69) is 15.0 Å². The van der Waals surface area contributed by atoms with Gasteiger partial charge >= 0.3 is 0 Å². The van der Waals surface area contributed by atoms with Crippen LogP contribution in [0.3, 0.4) is 0 Å². The summed E-state index contributed by atoms with van der Waals surface area (Å²) in [6.45, 7) is 11.5. The molecule has 0 atom stereocenters. The molecule has 0 aliphatic heterocycles. The first-order chi connectivity index (χ1) is 15.8. The quantitative estimate of drug-likeness (QED) is 0.439. The molecule has 2 heterocycles. The molecule has 0 fully saturated rings. The predicted molar refractivity (Wildman–Crippen MR) is 132 cm³/mol. The molecular weight excluding hydrogens is 444 g/mol. The Kier molecular flexibility index (Phi) is 11.9. The molecule has 0 aliphatic carbocycles. The minimum Gasteiger partial charge on any atom is -0.310 e. The third-order valence-corrected chi connectivity index (χ3v) is 4.33. The van der Waals surface area contributed by atoms with E-state index in [1.165, 1.54) is 12.1 Å². The van der Waals surface area contributed by atoms with Crippen molar-refractivity contribution in [1.82, 2.24) is 15.0 Å². The number of hydrogen-bond acceptors (Lipinski definition) is 3. The van der Waals surface area contributed by atoms with E-state index in [0.717, 1.165) is 17.2 Å².